The van der Waals surface area contributed by atoms with Crippen LogP contribution >= 0.6 is 24.2 Å². The summed E-state index contributed by atoms with van der Waals surface area (Å²) >= 11 is 1.36. The minimum absolute atomic E-state index is 0. The maximum atomic E-state index is 12.1. The van der Waals surface area contributed by atoms with Gasteiger partial charge in [-0.15, -0.1) is 24.2 Å². The number of halogens is 1. The summed E-state index contributed by atoms with van der Waals surface area (Å²) in [5.74, 6) is 0.689. The molecule has 7 heteroatoms. The molecule has 0 aromatic heterocycles. The fraction of sp³-hybridized carbons (Fsp3) is 0.500. The van der Waals surface area contributed by atoms with Crippen molar-refractivity contribution in [2.45, 2.75) is 19.9 Å². The molecule has 0 saturated carbocycles. The summed E-state index contributed by atoms with van der Waals surface area (Å²) < 4.78 is 0. The monoisotopic (exact) mass is 357 g/mol. The number of anilines is 1. The van der Waals surface area contributed by atoms with Crippen LogP contribution in [-0.2, 0) is 9.59 Å². The van der Waals surface area contributed by atoms with Gasteiger partial charge in [-0.05, 0) is 31.5 Å². The van der Waals surface area contributed by atoms with Crippen LogP contribution in [0.25, 0.3) is 0 Å². The highest BCUT2D eigenvalue weighted by molar-refractivity contribution is 8.00. The molecule has 1 fully saturated rings. The van der Waals surface area contributed by atoms with Crippen LogP contribution in [0.4, 0.5) is 5.69 Å². The number of amides is 2. The van der Waals surface area contributed by atoms with E-state index in [-0.39, 0.29) is 24.2 Å². The number of hydrogen-bond donors (Lipinski definition) is 2. The van der Waals surface area contributed by atoms with Gasteiger partial charge in [0.15, 0.2) is 0 Å². The van der Waals surface area contributed by atoms with Gasteiger partial charge in [-0.3, -0.25) is 9.59 Å². The fourth-order valence-electron chi connectivity index (χ4n) is 2.40. The molecule has 1 aliphatic rings. The molecule has 2 N–H and O–H groups in total. The number of rotatable bonds is 5. The second kappa shape index (κ2) is 9.80. The number of carbonyl (C=O) groups is 2. The first-order valence-corrected chi connectivity index (χ1v) is 8.65. The Labute approximate surface area is 148 Å². The number of thioether (sulfide) groups is 1. The molecule has 0 spiro atoms. The summed E-state index contributed by atoms with van der Waals surface area (Å²) in [6.45, 7) is 6.39. The first-order chi connectivity index (χ1) is 10.5. The number of nitrogens with one attached hydrogen (secondary N) is 2. The minimum Gasteiger partial charge on any atom is -0.339 e. The molecule has 0 unspecified atom stereocenters. The Kier molecular flexibility index (Phi) is 8.44. The Morgan fingerprint density at radius 2 is 2.17 bits per heavy atom. The average molecular weight is 358 g/mol. The van der Waals surface area contributed by atoms with Crippen LogP contribution < -0.4 is 10.6 Å². The smallest absolute Gasteiger partial charge is 0.234 e. The molecule has 2 rings (SSSR count). The second-order valence-electron chi connectivity index (χ2n) is 5.61. The van der Waals surface area contributed by atoms with E-state index in [1.54, 1.807) is 0 Å². The maximum Gasteiger partial charge on any atom is 0.234 e. The van der Waals surface area contributed by atoms with Crippen molar-refractivity contribution in [3.05, 3.63) is 29.8 Å². The van der Waals surface area contributed by atoms with Crippen molar-refractivity contribution in [3.8, 4) is 0 Å². The number of aryl methyl sites for hydroxylation is 1. The van der Waals surface area contributed by atoms with Crippen LogP contribution in [0.1, 0.15) is 12.5 Å². The van der Waals surface area contributed by atoms with Gasteiger partial charge in [-0.1, -0.05) is 12.1 Å². The van der Waals surface area contributed by atoms with Crippen molar-refractivity contribution in [2.24, 2.45) is 0 Å². The standard InChI is InChI=1S/C16H23N3O2S.ClH/c1-12-4-3-5-14(8-12)18-15(20)10-22-11-16(21)19-7-6-17-13(2)9-19;/h3-5,8,13,17H,6-7,9-11H2,1-2H3,(H,18,20);1H/t13-;/m1./s1. The van der Waals surface area contributed by atoms with Crippen molar-refractivity contribution in [1.29, 1.82) is 0 Å². The van der Waals surface area contributed by atoms with Gasteiger partial charge in [0.2, 0.25) is 11.8 Å². The lowest BCUT2D eigenvalue weighted by atomic mass is 10.2. The molecule has 1 aromatic rings. The Morgan fingerprint density at radius 1 is 1.39 bits per heavy atom. The van der Waals surface area contributed by atoms with E-state index >= 15 is 0 Å². The molecule has 1 aromatic carbocycles. The van der Waals surface area contributed by atoms with Crippen molar-refractivity contribution in [3.63, 3.8) is 0 Å². The summed E-state index contributed by atoms with van der Waals surface area (Å²) in [5.41, 5.74) is 1.90. The molecule has 0 bridgehead atoms. The van der Waals surface area contributed by atoms with Crippen LogP contribution in [0.15, 0.2) is 24.3 Å². The van der Waals surface area contributed by atoms with Crippen molar-refractivity contribution in [2.75, 3.05) is 36.5 Å². The predicted octanol–water partition coefficient (Wildman–Crippen LogP) is 1.91. The molecule has 5 nitrogen and oxygen atoms in total. The third-order valence-electron chi connectivity index (χ3n) is 3.48. The van der Waals surface area contributed by atoms with Crippen LogP contribution in [0, 0.1) is 6.92 Å². The molecule has 1 heterocycles. The van der Waals surface area contributed by atoms with E-state index in [1.165, 1.54) is 11.8 Å². The number of piperazine rings is 1. The number of benzene rings is 1. The van der Waals surface area contributed by atoms with Gasteiger partial charge in [0.25, 0.3) is 0 Å². The van der Waals surface area contributed by atoms with Gasteiger partial charge in [0.05, 0.1) is 11.5 Å². The van der Waals surface area contributed by atoms with Gasteiger partial charge in [-0.25, -0.2) is 0 Å². The zero-order valence-corrected chi connectivity index (χ0v) is 15.1. The first kappa shape index (κ1) is 19.8. The van der Waals surface area contributed by atoms with Gasteiger partial charge in [0, 0.05) is 31.4 Å². The van der Waals surface area contributed by atoms with Gasteiger partial charge in [-0.2, -0.15) is 0 Å². The molecule has 0 radical (unpaired) electrons. The zero-order chi connectivity index (χ0) is 15.9. The molecule has 2 amide bonds. The number of nitrogens with zero attached hydrogens (tertiary/aromatic N) is 1. The molecule has 128 valence electrons. The Bertz CT molecular complexity index is 542. The van der Waals surface area contributed by atoms with Crippen molar-refractivity contribution >= 4 is 41.7 Å². The number of hydrogen-bond acceptors (Lipinski definition) is 4. The van der Waals surface area contributed by atoms with Crippen molar-refractivity contribution in [1.82, 2.24) is 10.2 Å². The molecular formula is C16H24ClN3O2S. The highest BCUT2D eigenvalue weighted by Gasteiger charge is 2.20. The van der Waals surface area contributed by atoms with Crippen LogP contribution in [0.2, 0.25) is 0 Å². The minimum atomic E-state index is -0.0721. The largest absolute Gasteiger partial charge is 0.339 e. The Hall–Kier alpha value is -1.24. The van der Waals surface area contributed by atoms with E-state index in [0.717, 1.165) is 30.9 Å². The molecule has 1 aliphatic heterocycles. The maximum absolute atomic E-state index is 12.1. The van der Waals surface area contributed by atoms with E-state index in [4.69, 9.17) is 0 Å². The summed E-state index contributed by atoms with van der Waals surface area (Å²) in [5, 5.41) is 6.16. The summed E-state index contributed by atoms with van der Waals surface area (Å²) in [4.78, 5) is 25.8. The van der Waals surface area contributed by atoms with Gasteiger partial charge < -0.3 is 15.5 Å². The van der Waals surface area contributed by atoms with E-state index in [1.807, 2.05) is 36.1 Å². The van der Waals surface area contributed by atoms with E-state index in [0.29, 0.717) is 17.5 Å². The van der Waals surface area contributed by atoms with E-state index in [2.05, 4.69) is 17.6 Å². The normalized spacial score (nSPS) is 17.3. The molecule has 23 heavy (non-hydrogen) atoms. The quantitative estimate of drug-likeness (QED) is 0.845. The fourth-order valence-corrected chi connectivity index (χ4v) is 3.12. The Balaban J connectivity index is 0.00000264. The topological polar surface area (TPSA) is 61.4 Å². The third kappa shape index (κ3) is 6.81. The molecule has 0 aliphatic carbocycles. The van der Waals surface area contributed by atoms with E-state index < -0.39 is 0 Å². The lowest BCUT2D eigenvalue weighted by Crippen LogP contribution is -2.51. The SMILES string of the molecule is Cc1cccc(NC(=O)CSCC(=O)N2CCN[C@H](C)C2)c1.Cl. The highest BCUT2D eigenvalue weighted by Crippen LogP contribution is 2.11. The zero-order valence-electron chi connectivity index (χ0n) is 13.5. The lowest BCUT2D eigenvalue weighted by molar-refractivity contribution is -0.129. The molecule has 1 saturated heterocycles. The summed E-state index contributed by atoms with van der Waals surface area (Å²) in [7, 11) is 0. The van der Waals surface area contributed by atoms with Crippen LogP contribution in [0.3, 0.4) is 0 Å². The first-order valence-electron chi connectivity index (χ1n) is 7.50. The molecular weight excluding hydrogens is 334 g/mol. The third-order valence-corrected chi connectivity index (χ3v) is 4.40. The van der Waals surface area contributed by atoms with Crippen LogP contribution in [-0.4, -0.2) is 53.9 Å². The summed E-state index contributed by atoms with van der Waals surface area (Å²) in [6, 6.07) is 8.02. The van der Waals surface area contributed by atoms with Gasteiger partial charge in [0.1, 0.15) is 0 Å². The molecule has 1 atom stereocenters. The van der Waals surface area contributed by atoms with Crippen LogP contribution in [0.5, 0.6) is 0 Å². The average Bonchev–Trinajstić information content (AvgIpc) is 2.47. The predicted molar refractivity (Wildman–Crippen MR) is 98.4 cm³/mol. The summed E-state index contributed by atoms with van der Waals surface area (Å²) in [6.07, 6.45) is 0. The van der Waals surface area contributed by atoms with Gasteiger partial charge >= 0.3 is 0 Å². The lowest BCUT2D eigenvalue weighted by Gasteiger charge is -2.31. The highest BCUT2D eigenvalue weighted by atomic mass is 35.5. The van der Waals surface area contributed by atoms with Crippen molar-refractivity contribution < 1.29 is 9.59 Å². The second-order valence-corrected chi connectivity index (χ2v) is 6.59. The van der Waals surface area contributed by atoms with E-state index in [9.17, 15) is 9.59 Å². The number of carbonyl (C=O) groups excluding carboxylic acids is 2. The Morgan fingerprint density at radius 3 is 2.87 bits per heavy atom.